The lowest BCUT2D eigenvalue weighted by Gasteiger charge is -2.33. The maximum atomic E-state index is 12.7. The molecular formula is C13H13BrF3NOS. The smallest absolute Gasteiger partial charge is 0.334 e. The van der Waals surface area contributed by atoms with Crippen LogP contribution in [0.1, 0.15) is 22.8 Å². The Bertz CT molecular complexity index is 521. The molecule has 0 aromatic heterocycles. The van der Waals surface area contributed by atoms with Crippen LogP contribution in [-0.4, -0.2) is 34.9 Å². The number of benzene rings is 1. The van der Waals surface area contributed by atoms with Crippen LogP contribution in [0.3, 0.4) is 0 Å². The molecule has 0 saturated carbocycles. The highest BCUT2D eigenvalue weighted by Gasteiger charge is 2.33. The van der Waals surface area contributed by atoms with E-state index in [-0.39, 0.29) is 17.5 Å². The van der Waals surface area contributed by atoms with E-state index in [2.05, 4.69) is 15.9 Å². The summed E-state index contributed by atoms with van der Waals surface area (Å²) in [5.74, 6) is 1.27. The number of thioether (sulfide) groups is 1. The Kier molecular flexibility index (Phi) is 4.69. The molecule has 2 rings (SSSR count). The summed E-state index contributed by atoms with van der Waals surface area (Å²) in [6.45, 7) is 2.47. The van der Waals surface area contributed by atoms with Gasteiger partial charge in [-0.05, 0) is 41.1 Å². The number of hydrogen-bond donors (Lipinski definition) is 0. The van der Waals surface area contributed by atoms with Crippen LogP contribution >= 0.6 is 27.7 Å². The molecule has 1 aliphatic heterocycles. The van der Waals surface area contributed by atoms with Gasteiger partial charge in [0.1, 0.15) is 0 Å². The molecule has 1 heterocycles. The van der Waals surface area contributed by atoms with Gasteiger partial charge in [-0.25, -0.2) is 0 Å². The van der Waals surface area contributed by atoms with Gasteiger partial charge >= 0.3 is 6.18 Å². The summed E-state index contributed by atoms with van der Waals surface area (Å²) in [6.07, 6.45) is -4.45. The number of carbonyl (C=O) groups is 1. The summed E-state index contributed by atoms with van der Waals surface area (Å²) in [5, 5.41) is 0. The number of carbonyl (C=O) groups excluding carboxylic acids is 1. The van der Waals surface area contributed by atoms with Gasteiger partial charge in [0.15, 0.2) is 0 Å². The first-order chi connectivity index (χ1) is 9.30. The Balaban J connectivity index is 2.33. The Morgan fingerprint density at radius 2 is 2.15 bits per heavy atom. The maximum absolute atomic E-state index is 12.7. The van der Waals surface area contributed by atoms with Crippen LogP contribution in [0.25, 0.3) is 0 Å². The van der Waals surface area contributed by atoms with Gasteiger partial charge in [-0.2, -0.15) is 24.9 Å². The van der Waals surface area contributed by atoms with Crippen molar-refractivity contribution in [3.63, 3.8) is 0 Å². The predicted octanol–water partition coefficient (Wildman–Crippen LogP) is 4.05. The van der Waals surface area contributed by atoms with E-state index in [1.807, 2.05) is 6.92 Å². The zero-order valence-electron chi connectivity index (χ0n) is 10.7. The SMILES string of the molecule is CC1CSCCN1C(=O)c1cc(C(F)(F)F)ccc1Br. The van der Waals surface area contributed by atoms with E-state index in [0.717, 1.165) is 23.6 Å². The van der Waals surface area contributed by atoms with Crippen molar-refractivity contribution in [2.24, 2.45) is 0 Å². The Labute approximate surface area is 127 Å². The summed E-state index contributed by atoms with van der Waals surface area (Å²) in [7, 11) is 0. The van der Waals surface area contributed by atoms with Crippen LogP contribution < -0.4 is 0 Å². The molecule has 0 aliphatic carbocycles. The molecule has 1 unspecified atom stereocenters. The predicted molar refractivity (Wildman–Crippen MR) is 77.0 cm³/mol. The van der Waals surface area contributed by atoms with Crippen molar-refractivity contribution in [1.82, 2.24) is 4.90 Å². The van der Waals surface area contributed by atoms with Crippen molar-refractivity contribution >= 4 is 33.6 Å². The lowest BCUT2D eigenvalue weighted by Crippen LogP contribution is -2.44. The minimum Gasteiger partial charge on any atom is -0.334 e. The van der Waals surface area contributed by atoms with Crippen LogP contribution in [0.5, 0.6) is 0 Å². The highest BCUT2D eigenvalue weighted by molar-refractivity contribution is 9.10. The van der Waals surface area contributed by atoms with Gasteiger partial charge in [0.2, 0.25) is 0 Å². The molecule has 0 bridgehead atoms. The third kappa shape index (κ3) is 3.31. The lowest BCUT2D eigenvalue weighted by molar-refractivity contribution is -0.137. The van der Waals surface area contributed by atoms with Crippen LogP contribution in [0, 0.1) is 0 Å². The van der Waals surface area contributed by atoms with E-state index in [1.54, 1.807) is 16.7 Å². The summed E-state index contributed by atoms with van der Waals surface area (Å²) >= 11 is 4.91. The van der Waals surface area contributed by atoms with Gasteiger partial charge in [0.25, 0.3) is 5.91 Å². The number of halogens is 4. The fourth-order valence-corrected chi connectivity index (χ4v) is 3.48. The molecule has 1 atom stereocenters. The van der Waals surface area contributed by atoms with E-state index < -0.39 is 11.7 Å². The quantitative estimate of drug-likeness (QED) is 0.746. The highest BCUT2D eigenvalue weighted by atomic mass is 79.9. The fraction of sp³-hybridized carbons (Fsp3) is 0.462. The van der Waals surface area contributed by atoms with Gasteiger partial charge in [-0.1, -0.05) is 0 Å². The summed E-state index contributed by atoms with van der Waals surface area (Å²) in [4.78, 5) is 14.1. The zero-order valence-corrected chi connectivity index (χ0v) is 13.1. The molecule has 0 radical (unpaired) electrons. The monoisotopic (exact) mass is 367 g/mol. The third-order valence-electron chi connectivity index (χ3n) is 3.15. The first kappa shape index (κ1) is 15.7. The molecule has 1 aromatic carbocycles. The van der Waals surface area contributed by atoms with Crippen LogP contribution in [0.15, 0.2) is 22.7 Å². The average Bonchev–Trinajstić information content (AvgIpc) is 2.37. The van der Waals surface area contributed by atoms with E-state index >= 15 is 0 Å². The third-order valence-corrected chi connectivity index (χ3v) is 5.03. The maximum Gasteiger partial charge on any atom is 0.416 e. The van der Waals surface area contributed by atoms with E-state index in [0.29, 0.717) is 11.0 Å². The number of rotatable bonds is 1. The molecule has 1 saturated heterocycles. The summed E-state index contributed by atoms with van der Waals surface area (Å²) < 4.78 is 38.6. The number of hydrogen-bond acceptors (Lipinski definition) is 2. The summed E-state index contributed by atoms with van der Waals surface area (Å²) in [5.41, 5.74) is -0.735. The molecule has 20 heavy (non-hydrogen) atoms. The van der Waals surface area contributed by atoms with Crippen molar-refractivity contribution in [3.8, 4) is 0 Å². The molecular weight excluding hydrogens is 355 g/mol. The molecule has 2 nitrogen and oxygen atoms in total. The zero-order chi connectivity index (χ0) is 14.9. The Hall–Kier alpha value is -0.690. The van der Waals surface area contributed by atoms with Gasteiger partial charge in [0, 0.05) is 28.6 Å². The highest BCUT2D eigenvalue weighted by Crippen LogP contribution is 2.32. The van der Waals surface area contributed by atoms with Gasteiger partial charge in [0.05, 0.1) is 11.1 Å². The van der Waals surface area contributed by atoms with Gasteiger partial charge in [-0.15, -0.1) is 0 Å². The minimum atomic E-state index is -4.45. The standard InChI is InChI=1S/C13H13BrF3NOS/c1-8-7-20-5-4-18(8)12(19)10-6-9(13(15,16)17)2-3-11(10)14/h2-3,6,8H,4-5,7H2,1H3. The van der Waals surface area contributed by atoms with Crippen molar-refractivity contribution in [1.29, 1.82) is 0 Å². The first-order valence-electron chi connectivity index (χ1n) is 6.06. The number of amides is 1. The Morgan fingerprint density at radius 1 is 1.45 bits per heavy atom. The second-order valence-corrected chi connectivity index (χ2v) is 6.62. The van der Waals surface area contributed by atoms with Crippen molar-refractivity contribution < 1.29 is 18.0 Å². The van der Waals surface area contributed by atoms with E-state index in [1.165, 1.54) is 6.07 Å². The molecule has 7 heteroatoms. The molecule has 1 amide bonds. The molecule has 1 aromatic rings. The van der Waals surface area contributed by atoms with E-state index in [9.17, 15) is 18.0 Å². The van der Waals surface area contributed by atoms with Crippen LogP contribution in [0.4, 0.5) is 13.2 Å². The first-order valence-corrected chi connectivity index (χ1v) is 8.01. The average molecular weight is 368 g/mol. The van der Waals surface area contributed by atoms with Gasteiger partial charge < -0.3 is 4.90 Å². The molecule has 0 spiro atoms. The number of alkyl halides is 3. The van der Waals surface area contributed by atoms with Crippen LogP contribution in [-0.2, 0) is 6.18 Å². The molecule has 110 valence electrons. The minimum absolute atomic E-state index is 0.0303. The Morgan fingerprint density at radius 3 is 2.75 bits per heavy atom. The van der Waals surface area contributed by atoms with Gasteiger partial charge in [-0.3, -0.25) is 4.79 Å². The van der Waals surface area contributed by atoms with Crippen molar-refractivity contribution in [2.75, 3.05) is 18.1 Å². The van der Waals surface area contributed by atoms with E-state index in [4.69, 9.17) is 0 Å². The van der Waals surface area contributed by atoms with Crippen LogP contribution in [0.2, 0.25) is 0 Å². The second-order valence-electron chi connectivity index (χ2n) is 4.61. The molecule has 1 fully saturated rings. The normalized spacial score (nSPS) is 20.1. The lowest BCUT2D eigenvalue weighted by atomic mass is 10.1. The fourth-order valence-electron chi connectivity index (χ4n) is 2.05. The van der Waals surface area contributed by atoms with Crippen molar-refractivity contribution in [2.45, 2.75) is 19.1 Å². The molecule has 1 aliphatic rings. The second kappa shape index (κ2) is 5.97. The van der Waals surface area contributed by atoms with Crippen molar-refractivity contribution in [3.05, 3.63) is 33.8 Å². The number of nitrogens with zero attached hydrogens (tertiary/aromatic N) is 1. The molecule has 0 N–H and O–H groups in total. The topological polar surface area (TPSA) is 20.3 Å². The largest absolute Gasteiger partial charge is 0.416 e. The summed E-state index contributed by atoms with van der Waals surface area (Å²) in [6, 6.07) is 3.19.